The molecule has 0 fully saturated rings. The minimum absolute atomic E-state index is 0.307. The number of ether oxygens (including phenoxy) is 1. The van der Waals surface area contributed by atoms with Gasteiger partial charge in [-0.3, -0.25) is 4.79 Å². The minimum atomic E-state index is -0.496. The molecule has 0 atom stereocenters. The highest BCUT2D eigenvalue weighted by atomic mass is 16.6. The summed E-state index contributed by atoms with van der Waals surface area (Å²) in [4.78, 5) is 24.4. The molecule has 0 saturated heterocycles. The molecule has 1 rings (SSSR count). The van der Waals surface area contributed by atoms with Crippen LogP contribution in [-0.4, -0.2) is 29.4 Å². The van der Waals surface area contributed by atoms with Crippen molar-refractivity contribution in [2.24, 2.45) is 0 Å². The number of nitrogens with zero attached hydrogens (tertiary/aromatic N) is 1. The lowest BCUT2D eigenvalue weighted by Gasteiger charge is -2.27. The normalized spacial score (nSPS) is 11.0. The second kappa shape index (κ2) is 7.08. The van der Waals surface area contributed by atoms with Crippen LogP contribution >= 0.6 is 0 Å². The van der Waals surface area contributed by atoms with Gasteiger partial charge in [-0.25, -0.2) is 4.79 Å². The van der Waals surface area contributed by atoms with E-state index >= 15 is 0 Å². The molecule has 0 spiro atoms. The maximum Gasteiger partial charge on any atom is 0.410 e. The zero-order valence-corrected chi connectivity index (χ0v) is 12.7. The molecule has 0 aliphatic carbocycles. The zero-order chi connectivity index (χ0) is 15.2. The van der Waals surface area contributed by atoms with E-state index < -0.39 is 5.60 Å². The van der Waals surface area contributed by atoms with E-state index in [0.717, 1.165) is 18.3 Å². The third-order valence-corrected chi connectivity index (χ3v) is 2.63. The van der Waals surface area contributed by atoms with Crippen LogP contribution in [0.3, 0.4) is 0 Å². The van der Waals surface area contributed by atoms with Gasteiger partial charge in [-0.15, -0.1) is 0 Å². The summed E-state index contributed by atoms with van der Waals surface area (Å²) in [6, 6.07) is 7.22. The number of amides is 1. The van der Waals surface area contributed by atoms with Crippen LogP contribution in [0.4, 0.5) is 4.79 Å². The molecular formula is C16H23NO3. The number of hydrogen-bond acceptors (Lipinski definition) is 3. The SMILES string of the molecule is CCCN(Cc1ccc(C=O)cc1)C(=O)OC(C)(C)C. The van der Waals surface area contributed by atoms with Crippen molar-refractivity contribution in [2.75, 3.05) is 6.54 Å². The topological polar surface area (TPSA) is 46.6 Å². The molecule has 0 aliphatic heterocycles. The molecule has 4 nitrogen and oxygen atoms in total. The maximum absolute atomic E-state index is 12.1. The number of rotatable bonds is 5. The first-order valence-electron chi connectivity index (χ1n) is 6.87. The van der Waals surface area contributed by atoms with Gasteiger partial charge in [0.05, 0.1) is 0 Å². The fourth-order valence-corrected chi connectivity index (χ4v) is 1.75. The fourth-order valence-electron chi connectivity index (χ4n) is 1.75. The highest BCUT2D eigenvalue weighted by Crippen LogP contribution is 2.13. The van der Waals surface area contributed by atoms with E-state index in [1.54, 1.807) is 17.0 Å². The van der Waals surface area contributed by atoms with Gasteiger partial charge in [0.2, 0.25) is 0 Å². The molecule has 0 aliphatic rings. The predicted octanol–water partition coefficient (Wildman–Crippen LogP) is 3.65. The molecule has 1 aromatic carbocycles. The Morgan fingerprint density at radius 2 is 1.85 bits per heavy atom. The summed E-state index contributed by atoms with van der Waals surface area (Å²) in [5.41, 5.74) is 1.12. The van der Waals surface area contributed by atoms with Gasteiger partial charge < -0.3 is 9.64 Å². The third-order valence-electron chi connectivity index (χ3n) is 2.63. The maximum atomic E-state index is 12.1. The second-order valence-corrected chi connectivity index (χ2v) is 5.76. The van der Waals surface area contributed by atoms with Crippen molar-refractivity contribution in [3.8, 4) is 0 Å². The van der Waals surface area contributed by atoms with Gasteiger partial charge in [-0.2, -0.15) is 0 Å². The van der Waals surface area contributed by atoms with Gasteiger partial charge in [-0.05, 0) is 32.8 Å². The van der Waals surface area contributed by atoms with Crippen LogP contribution in [0.5, 0.6) is 0 Å². The lowest BCUT2D eigenvalue weighted by molar-refractivity contribution is 0.0233. The second-order valence-electron chi connectivity index (χ2n) is 5.76. The van der Waals surface area contributed by atoms with Crippen molar-refractivity contribution in [3.05, 3.63) is 35.4 Å². The summed E-state index contributed by atoms with van der Waals surface area (Å²) in [5, 5.41) is 0. The molecule has 0 unspecified atom stereocenters. The van der Waals surface area contributed by atoms with Crippen molar-refractivity contribution in [1.29, 1.82) is 0 Å². The van der Waals surface area contributed by atoms with Crippen LogP contribution in [0, 0.1) is 0 Å². The van der Waals surface area contributed by atoms with Crippen LogP contribution in [0.15, 0.2) is 24.3 Å². The summed E-state index contributed by atoms with van der Waals surface area (Å²) in [5.74, 6) is 0. The van der Waals surface area contributed by atoms with E-state index in [4.69, 9.17) is 4.74 Å². The van der Waals surface area contributed by atoms with E-state index in [1.165, 1.54) is 0 Å². The molecule has 4 heteroatoms. The summed E-state index contributed by atoms with van der Waals surface area (Å²) in [6.45, 7) is 8.72. The lowest BCUT2D eigenvalue weighted by atomic mass is 10.1. The predicted molar refractivity (Wildman–Crippen MR) is 78.8 cm³/mol. The number of benzene rings is 1. The van der Waals surface area contributed by atoms with E-state index in [2.05, 4.69) is 0 Å². The molecule has 0 N–H and O–H groups in total. The average molecular weight is 277 g/mol. The first-order chi connectivity index (χ1) is 9.35. The first kappa shape index (κ1) is 16.2. The van der Waals surface area contributed by atoms with Crippen molar-refractivity contribution in [2.45, 2.75) is 46.3 Å². The van der Waals surface area contributed by atoms with Gasteiger partial charge in [0.15, 0.2) is 0 Å². The first-order valence-corrected chi connectivity index (χ1v) is 6.87. The molecule has 1 aromatic rings. The van der Waals surface area contributed by atoms with Crippen LogP contribution in [0.2, 0.25) is 0 Å². The molecule has 0 bridgehead atoms. The summed E-state index contributed by atoms with van der Waals surface area (Å²) < 4.78 is 5.40. The largest absolute Gasteiger partial charge is 0.444 e. The number of carbonyl (C=O) groups is 2. The molecule has 20 heavy (non-hydrogen) atoms. The van der Waals surface area contributed by atoms with E-state index in [0.29, 0.717) is 18.7 Å². The van der Waals surface area contributed by atoms with Crippen molar-refractivity contribution < 1.29 is 14.3 Å². The Morgan fingerprint density at radius 1 is 1.25 bits per heavy atom. The number of aldehydes is 1. The molecule has 0 radical (unpaired) electrons. The zero-order valence-electron chi connectivity index (χ0n) is 12.7. The highest BCUT2D eigenvalue weighted by Gasteiger charge is 2.21. The highest BCUT2D eigenvalue weighted by molar-refractivity contribution is 5.74. The average Bonchev–Trinajstić information content (AvgIpc) is 2.37. The van der Waals surface area contributed by atoms with Crippen LogP contribution in [-0.2, 0) is 11.3 Å². The Labute approximate surface area is 120 Å². The standard InChI is InChI=1S/C16H23NO3/c1-5-10-17(15(19)20-16(2,3)4)11-13-6-8-14(12-18)9-7-13/h6-9,12H,5,10-11H2,1-4H3. The molecule has 0 heterocycles. The monoisotopic (exact) mass is 277 g/mol. The van der Waals surface area contributed by atoms with E-state index in [-0.39, 0.29) is 6.09 Å². The Bertz CT molecular complexity index is 446. The van der Waals surface area contributed by atoms with Gasteiger partial charge in [0.1, 0.15) is 11.9 Å². The van der Waals surface area contributed by atoms with Crippen LogP contribution in [0.25, 0.3) is 0 Å². The minimum Gasteiger partial charge on any atom is -0.444 e. The quantitative estimate of drug-likeness (QED) is 0.772. The molecule has 0 saturated carbocycles. The number of carbonyl (C=O) groups excluding carboxylic acids is 2. The Balaban J connectivity index is 2.75. The van der Waals surface area contributed by atoms with Gasteiger partial charge in [0.25, 0.3) is 0 Å². The summed E-state index contributed by atoms with van der Waals surface area (Å²) in [6.07, 6.45) is 1.37. The molecular weight excluding hydrogens is 254 g/mol. The van der Waals surface area contributed by atoms with Crippen molar-refractivity contribution in [3.63, 3.8) is 0 Å². The van der Waals surface area contributed by atoms with Gasteiger partial charge in [0, 0.05) is 18.7 Å². The lowest BCUT2D eigenvalue weighted by Crippen LogP contribution is -2.36. The molecule has 0 aromatic heterocycles. The summed E-state index contributed by atoms with van der Waals surface area (Å²) >= 11 is 0. The molecule has 110 valence electrons. The van der Waals surface area contributed by atoms with Crippen LogP contribution in [0.1, 0.15) is 50.0 Å². The third kappa shape index (κ3) is 5.43. The van der Waals surface area contributed by atoms with Crippen molar-refractivity contribution >= 4 is 12.4 Å². The Morgan fingerprint density at radius 3 is 2.30 bits per heavy atom. The van der Waals surface area contributed by atoms with Crippen molar-refractivity contribution in [1.82, 2.24) is 4.90 Å². The fraction of sp³-hybridized carbons (Fsp3) is 0.500. The Hall–Kier alpha value is -1.84. The van der Waals surface area contributed by atoms with Gasteiger partial charge in [-0.1, -0.05) is 31.2 Å². The summed E-state index contributed by atoms with van der Waals surface area (Å²) in [7, 11) is 0. The van der Waals surface area contributed by atoms with Crippen LogP contribution < -0.4 is 0 Å². The van der Waals surface area contributed by atoms with Gasteiger partial charge >= 0.3 is 6.09 Å². The molecule has 1 amide bonds. The smallest absolute Gasteiger partial charge is 0.410 e. The Kier molecular flexibility index (Phi) is 5.74. The number of hydrogen-bond donors (Lipinski definition) is 0. The van der Waals surface area contributed by atoms with E-state index in [1.807, 2.05) is 39.8 Å². The van der Waals surface area contributed by atoms with E-state index in [9.17, 15) is 9.59 Å².